The number of methoxy groups -OCH3 is 1. The third-order valence-corrected chi connectivity index (χ3v) is 2.90. The van der Waals surface area contributed by atoms with E-state index in [1.165, 1.54) is 5.56 Å². The van der Waals surface area contributed by atoms with Crippen LogP contribution in [0.5, 0.6) is 0 Å². The van der Waals surface area contributed by atoms with Crippen LogP contribution in [-0.2, 0) is 4.74 Å². The Kier molecular flexibility index (Phi) is 4.11. The zero-order valence-corrected chi connectivity index (χ0v) is 10.9. The highest BCUT2D eigenvalue weighted by Crippen LogP contribution is 2.30. The first kappa shape index (κ1) is 13.2. The van der Waals surface area contributed by atoms with Gasteiger partial charge >= 0.3 is 0 Å². The van der Waals surface area contributed by atoms with Crippen LogP contribution in [0.25, 0.3) is 0 Å². The first-order chi connectivity index (χ1) is 7.36. The summed E-state index contributed by atoms with van der Waals surface area (Å²) in [7, 11) is 1.73. The van der Waals surface area contributed by atoms with Crippen LogP contribution in [0.1, 0.15) is 37.9 Å². The molecular weight excluding hydrogens is 198 g/mol. The van der Waals surface area contributed by atoms with E-state index >= 15 is 0 Å². The molecule has 0 aromatic heterocycles. The molecule has 0 amide bonds. The maximum atomic E-state index is 6.26. The molecule has 1 aromatic rings. The Balaban J connectivity index is 2.91. The van der Waals surface area contributed by atoms with E-state index in [1.807, 2.05) is 0 Å². The molecule has 16 heavy (non-hydrogen) atoms. The summed E-state index contributed by atoms with van der Waals surface area (Å²) in [4.78, 5) is 0. The van der Waals surface area contributed by atoms with Crippen LogP contribution < -0.4 is 5.73 Å². The molecule has 2 unspecified atom stereocenters. The zero-order chi connectivity index (χ0) is 12.3. The zero-order valence-electron chi connectivity index (χ0n) is 10.9. The number of nitrogens with two attached hydrogens (primary N) is 1. The molecule has 2 heteroatoms. The number of rotatable bonds is 3. The van der Waals surface area contributed by atoms with Crippen molar-refractivity contribution in [3.8, 4) is 0 Å². The van der Waals surface area contributed by atoms with Crippen molar-refractivity contribution in [2.75, 3.05) is 7.11 Å². The summed E-state index contributed by atoms with van der Waals surface area (Å²) in [6, 6.07) is 8.26. The number of aryl methyl sites for hydroxylation is 1. The van der Waals surface area contributed by atoms with Crippen molar-refractivity contribution in [1.29, 1.82) is 0 Å². The Labute approximate surface area is 98.8 Å². The van der Waals surface area contributed by atoms with Gasteiger partial charge in [0, 0.05) is 7.11 Å². The fourth-order valence-corrected chi connectivity index (χ4v) is 2.00. The predicted octanol–water partition coefficient (Wildman–Crippen LogP) is 3.06. The second-order valence-electron chi connectivity index (χ2n) is 5.46. The van der Waals surface area contributed by atoms with Crippen LogP contribution in [0, 0.1) is 12.3 Å². The van der Waals surface area contributed by atoms with Crippen molar-refractivity contribution in [2.24, 2.45) is 11.1 Å². The van der Waals surface area contributed by atoms with Gasteiger partial charge in [0.2, 0.25) is 0 Å². The van der Waals surface area contributed by atoms with Gasteiger partial charge in [0.1, 0.15) is 0 Å². The number of ether oxygens (including phenoxy) is 1. The molecule has 0 spiro atoms. The van der Waals surface area contributed by atoms with Crippen molar-refractivity contribution in [3.63, 3.8) is 0 Å². The van der Waals surface area contributed by atoms with Gasteiger partial charge in [-0.3, -0.25) is 0 Å². The fraction of sp³-hybridized carbons (Fsp3) is 0.571. The van der Waals surface area contributed by atoms with E-state index in [1.54, 1.807) is 7.11 Å². The summed E-state index contributed by atoms with van der Waals surface area (Å²) >= 11 is 0. The molecule has 0 aliphatic carbocycles. The highest BCUT2D eigenvalue weighted by atomic mass is 16.5. The molecule has 0 aliphatic heterocycles. The van der Waals surface area contributed by atoms with Crippen LogP contribution in [0.4, 0.5) is 0 Å². The third kappa shape index (κ3) is 3.06. The lowest BCUT2D eigenvalue weighted by Crippen LogP contribution is -2.38. The van der Waals surface area contributed by atoms with Gasteiger partial charge in [-0.1, -0.05) is 50.6 Å². The molecule has 1 aromatic carbocycles. The first-order valence-electron chi connectivity index (χ1n) is 5.71. The van der Waals surface area contributed by atoms with E-state index in [2.05, 4.69) is 52.0 Å². The van der Waals surface area contributed by atoms with Crippen LogP contribution in [0.2, 0.25) is 0 Å². The topological polar surface area (TPSA) is 35.2 Å². The Morgan fingerprint density at radius 3 is 2.00 bits per heavy atom. The quantitative estimate of drug-likeness (QED) is 0.851. The molecular formula is C14H23NO. The molecule has 0 saturated carbocycles. The van der Waals surface area contributed by atoms with Crippen LogP contribution >= 0.6 is 0 Å². The van der Waals surface area contributed by atoms with Gasteiger partial charge < -0.3 is 10.5 Å². The van der Waals surface area contributed by atoms with Gasteiger partial charge in [0.25, 0.3) is 0 Å². The summed E-state index contributed by atoms with van der Waals surface area (Å²) in [5.41, 5.74) is 8.68. The minimum atomic E-state index is -0.0781. The summed E-state index contributed by atoms with van der Waals surface area (Å²) in [5, 5.41) is 0. The van der Waals surface area contributed by atoms with Gasteiger partial charge in [0.15, 0.2) is 0 Å². The highest BCUT2D eigenvalue weighted by Gasteiger charge is 2.30. The normalized spacial score (nSPS) is 15.9. The van der Waals surface area contributed by atoms with E-state index < -0.39 is 0 Å². The molecule has 2 atom stereocenters. The van der Waals surface area contributed by atoms with Crippen molar-refractivity contribution >= 4 is 0 Å². The molecule has 0 heterocycles. The average molecular weight is 221 g/mol. The van der Waals surface area contributed by atoms with Gasteiger partial charge in [-0.2, -0.15) is 0 Å². The van der Waals surface area contributed by atoms with Crippen molar-refractivity contribution in [2.45, 2.75) is 39.8 Å². The molecule has 90 valence electrons. The van der Waals surface area contributed by atoms with E-state index in [0.29, 0.717) is 0 Å². The average Bonchev–Trinajstić information content (AvgIpc) is 2.17. The van der Waals surface area contributed by atoms with E-state index in [0.717, 1.165) is 5.56 Å². The Morgan fingerprint density at radius 1 is 1.12 bits per heavy atom. The second kappa shape index (κ2) is 4.98. The number of hydrogen-bond acceptors (Lipinski definition) is 2. The monoisotopic (exact) mass is 221 g/mol. The Hall–Kier alpha value is -0.860. The lowest BCUT2D eigenvalue weighted by atomic mass is 9.82. The van der Waals surface area contributed by atoms with Crippen molar-refractivity contribution in [3.05, 3.63) is 35.4 Å². The number of hydrogen-bond donors (Lipinski definition) is 1. The minimum Gasteiger partial charge on any atom is -0.379 e. The van der Waals surface area contributed by atoms with E-state index in [-0.39, 0.29) is 17.6 Å². The standard InChI is InChI=1S/C14H23NO/c1-10-6-8-11(9-7-10)12(15)13(16-5)14(2,3)4/h6-9,12-13H,15H2,1-5H3. The minimum absolute atomic E-state index is 0.0233. The van der Waals surface area contributed by atoms with Gasteiger partial charge in [-0.25, -0.2) is 0 Å². The first-order valence-corrected chi connectivity index (χ1v) is 5.71. The number of benzene rings is 1. The fourth-order valence-electron chi connectivity index (χ4n) is 2.00. The van der Waals surface area contributed by atoms with Gasteiger partial charge in [-0.05, 0) is 17.9 Å². The second-order valence-corrected chi connectivity index (χ2v) is 5.46. The molecule has 0 saturated heterocycles. The molecule has 0 radical (unpaired) electrons. The smallest absolute Gasteiger partial charge is 0.0811 e. The molecule has 1 rings (SSSR count). The van der Waals surface area contributed by atoms with E-state index in [4.69, 9.17) is 10.5 Å². The van der Waals surface area contributed by atoms with Crippen LogP contribution in [0.3, 0.4) is 0 Å². The largest absolute Gasteiger partial charge is 0.379 e. The highest BCUT2D eigenvalue weighted by molar-refractivity contribution is 5.25. The van der Waals surface area contributed by atoms with Crippen molar-refractivity contribution < 1.29 is 4.74 Å². The lowest BCUT2D eigenvalue weighted by Gasteiger charge is -2.34. The Morgan fingerprint density at radius 2 is 1.62 bits per heavy atom. The lowest BCUT2D eigenvalue weighted by molar-refractivity contribution is -0.00243. The maximum Gasteiger partial charge on any atom is 0.0811 e. The maximum absolute atomic E-state index is 6.26. The molecule has 0 aliphatic rings. The third-order valence-electron chi connectivity index (χ3n) is 2.90. The van der Waals surface area contributed by atoms with Crippen molar-refractivity contribution in [1.82, 2.24) is 0 Å². The molecule has 2 nitrogen and oxygen atoms in total. The summed E-state index contributed by atoms with van der Waals surface area (Å²) in [6.45, 7) is 8.52. The van der Waals surface area contributed by atoms with Crippen LogP contribution in [-0.4, -0.2) is 13.2 Å². The van der Waals surface area contributed by atoms with Crippen LogP contribution in [0.15, 0.2) is 24.3 Å². The van der Waals surface area contributed by atoms with Gasteiger partial charge in [-0.15, -0.1) is 0 Å². The molecule has 0 bridgehead atoms. The molecule has 0 fully saturated rings. The summed E-state index contributed by atoms with van der Waals surface area (Å²) in [5.74, 6) is 0. The SMILES string of the molecule is COC(C(N)c1ccc(C)cc1)C(C)(C)C. The summed E-state index contributed by atoms with van der Waals surface area (Å²) in [6.07, 6.45) is 0.0233. The van der Waals surface area contributed by atoms with Gasteiger partial charge in [0.05, 0.1) is 12.1 Å². The predicted molar refractivity (Wildman–Crippen MR) is 68.4 cm³/mol. The van der Waals surface area contributed by atoms with E-state index in [9.17, 15) is 0 Å². The Bertz CT molecular complexity index is 324. The summed E-state index contributed by atoms with van der Waals surface area (Å²) < 4.78 is 5.54. The molecule has 2 N–H and O–H groups in total.